The maximum atomic E-state index is 9.59. The van der Waals surface area contributed by atoms with Crippen molar-refractivity contribution >= 4 is 5.82 Å². The highest BCUT2D eigenvalue weighted by molar-refractivity contribution is 5.48. The van der Waals surface area contributed by atoms with Crippen LogP contribution in [-0.4, -0.2) is 23.2 Å². The molecular formula is C11H16N2O. The molecule has 2 rings (SSSR count). The lowest BCUT2D eigenvalue weighted by molar-refractivity contribution is 0.199. The van der Waals surface area contributed by atoms with E-state index in [1.807, 2.05) is 19.2 Å². The molecule has 0 radical (unpaired) electrons. The minimum atomic E-state index is -0.445. The van der Waals surface area contributed by atoms with Crippen LogP contribution < -0.4 is 4.90 Å². The van der Waals surface area contributed by atoms with Crippen LogP contribution in [0, 0.1) is 0 Å². The van der Waals surface area contributed by atoms with Gasteiger partial charge in [-0.25, -0.2) is 4.98 Å². The zero-order valence-corrected chi connectivity index (χ0v) is 8.64. The molecule has 0 amide bonds. The van der Waals surface area contributed by atoms with E-state index in [4.69, 9.17) is 0 Å². The zero-order valence-electron chi connectivity index (χ0n) is 8.64. The van der Waals surface area contributed by atoms with Crippen molar-refractivity contribution in [2.45, 2.75) is 31.9 Å². The molecule has 1 atom stereocenters. The van der Waals surface area contributed by atoms with Crippen LogP contribution in [-0.2, 0) is 0 Å². The van der Waals surface area contributed by atoms with Gasteiger partial charge in [0.05, 0.1) is 6.10 Å². The molecule has 1 saturated carbocycles. The number of aliphatic hydroxyl groups excluding tert-OH is 1. The molecule has 0 spiro atoms. The normalized spacial score (nSPS) is 17.9. The van der Waals surface area contributed by atoms with Crippen LogP contribution in [0.25, 0.3) is 0 Å². The van der Waals surface area contributed by atoms with Crippen LogP contribution in [0.3, 0.4) is 0 Å². The molecule has 1 fully saturated rings. The minimum Gasteiger partial charge on any atom is -0.389 e. The van der Waals surface area contributed by atoms with Gasteiger partial charge in [0.15, 0.2) is 0 Å². The van der Waals surface area contributed by atoms with E-state index in [-0.39, 0.29) is 0 Å². The summed E-state index contributed by atoms with van der Waals surface area (Å²) in [6.45, 7) is 1.78. The Balaban J connectivity index is 2.30. The van der Waals surface area contributed by atoms with Gasteiger partial charge in [0, 0.05) is 24.8 Å². The molecule has 1 N–H and O–H groups in total. The van der Waals surface area contributed by atoms with Gasteiger partial charge in [-0.3, -0.25) is 0 Å². The fourth-order valence-corrected chi connectivity index (χ4v) is 1.66. The first-order valence-electron chi connectivity index (χ1n) is 5.06. The van der Waals surface area contributed by atoms with Gasteiger partial charge < -0.3 is 10.0 Å². The summed E-state index contributed by atoms with van der Waals surface area (Å²) in [7, 11) is 2.05. The molecule has 14 heavy (non-hydrogen) atoms. The monoisotopic (exact) mass is 192 g/mol. The number of aliphatic hydroxyl groups is 1. The van der Waals surface area contributed by atoms with Crippen molar-refractivity contribution in [1.82, 2.24) is 4.98 Å². The SMILES string of the molecule is C[C@@H](O)c1cccnc1N(C)C1CC1. The molecule has 76 valence electrons. The van der Waals surface area contributed by atoms with Gasteiger partial charge in [-0.05, 0) is 25.8 Å². The van der Waals surface area contributed by atoms with Crippen LogP contribution in [0.4, 0.5) is 5.82 Å². The molecule has 3 heteroatoms. The van der Waals surface area contributed by atoms with Crippen LogP contribution in [0.1, 0.15) is 31.4 Å². The van der Waals surface area contributed by atoms with Gasteiger partial charge in [0.25, 0.3) is 0 Å². The summed E-state index contributed by atoms with van der Waals surface area (Å²) in [5, 5.41) is 9.59. The highest BCUT2D eigenvalue weighted by Crippen LogP contribution is 2.32. The standard InChI is InChI=1S/C11H16N2O/c1-8(14)10-4-3-7-12-11(10)13(2)9-5-6-9/h3-4,7-9,14H,5-6H2,1-2H3/t8-/m1/s1. The highest BCUT2D eigenvalue weighted by Gasteiger charge is 2.28. The van der Waals surface area contributed by atoms with Crippen molar-refractivity contribution in [3.63, 3.8) is 0 Å². The van der Waals surface area contributed by atoms with Crippen LogP contribution in [0.2, 0.25) is 0 Å². The van der Waals surface area contributed by atoms with Crippen LogP contribution in [0.15, 0.2) is 18.3 Å². The Labute approximate surface area is 84.4 Å². The Morgan fingerprint density at radius 3 is 2.86 bits per heavy atom. The number of hydrogen-bond donors (Lipinski definition) is 1. The van der Waals surface area contributed by atoms with Crippen molar-refractivity contribution in [3.05, 3.63) is 23.9 Å². The number of rotatable bonds is 3. The smallest absolute Gasteiger partial charge is 0.134 e. The molecule has 1 aliphatic rings. The summed E-state index contributed by atoms with van der Waals surface area (Å²) in [5.41, 5.74) is 0.918. The molecule has 1 aromatic rings. The van der Waals surface area contributed by atoms with Gasteiger partial charge in [-0.15, -0.1) is 0 Å². The van der Waals surface area contributed by atoms with Crippen molar-refractivity contribution in [2.75, 3.05) is 11.9 Å². The lowest BCUT2D eigenvalue weighted by atomic mass is 10.1. The van der Waals surface area contributed by atoms with Crippen molar-refractivity contribution in [1.29, 1.82) is 0 Å². The first-order valence-corrected chi connectivity index (χ1v) is 5.06. The fraction of sp³-hybridized carbons (Fsp3) is 0.545. The summed E-state index contributed by atoms with van der Waals surface area (Å²) >= 11 is 0. The van der Waals surface area contributed by atoms with Gasteiger partial charge in [-0.2, -0.15) is 0 Å². The van der Waals surface area contributed by atoms with E-state index in [9.17, 15) is 5.11 Å². The second-order valence-corrected chi connectivity index (χ2v) is 3.93. The minimum absolute atomic E-state index is 0.445. The van der Waals surface area contributed by atoms with Crippen LogP contribution >= 0.6 is 0 Å². The van der Waals surface area contributed by atoms with E-state index in [2.05, 4.69) is 9.88 Å². The van der Waals surface area contributed by atoms with Crippen molar-refractivity contribution in [3.8, 4) is 0 Å². The summed E-state index contributed by atoms with van der Waals surface area (Å²) in [6, 6.07) is 4.43. The van der Waals surface area contributed by atoms with Gasteiger partial charge in [-0.1, -0.05) is 6.07 Å². The summed E-state index contributed by atoms with van der Waals surface area (Å²) in [6.07, 6.45) is 3.82. The predicted molar refractivity (Wildman–Crippen MR) is 56.3 cm³/mol. The molecule has 0 unspecified atom stereocenters. The summed E-state index contributed by atoms with van der Waals surface area (Å²) < 4.78 is 0. The van der Waals surface area contributed by atoms with E-state index < -0.39 is 6.10 Å². The second kappa shape index (κ2) is 3.58. The second-order valence-electron chi connectivity index (χ2n) is 3.93. The maximum absolute atomic E-state index is 9.59. The lowest BCUT2D eigenvalue weighted by Gasteiger charge is -2.21. The van der Waals surface area contributed by atoms with Crippen molar-refractivity contribution in [2.24, 2.45) is 0 Å². The van der Waals surface area contributed by atoms with E-state index in [1.165, 1.54) is 12.8 Å². The third-order valence-electron chi connectivity index (χ3n) is 2.70. The predicted octanol–water partition coefficient (Wildman–Crippen LogP) is 1.73. The first kappa shape index (κ1) is 9.46. The Bertz CT molecular complexity index is 321. The molecule has 0 aliphatic heterocycles. The maximum Gasteiger partial charge on any atom is 0.134 e. The number of pyridine rings is 1. The number of nitrogens with zero attached hydrogens (tertiary/aromatic N) is 2. The number of aromatic nitrogens is 1. The topological polar surface area (TPSA) is 36.4 Å². The molecular weight excluding hydrogens is 176 g/mol. The molecule has 0 bridgehead atoms. The van der Waals surface area contributed by atoms with E-state index >= 15 is 0 Å². The third kappa shape index (κ3) is 1.73. The molecule has 0 aromatic carbocycles. The Kier molecular flexibility index (Phi) is 2.42. The molecule has 1 aromatic heterocycles. The van der Waals surface area contributed by atoms with E-state index in [0.29, 0.717) is 6.04 Å². The Morgan fingerprint density at radius 2 is 2.29 bits per heavy atom. The third-order valence-corrected chi connectivity index (χ3v) is 2.70. The average Bonchev–Trinajstić information content (AvgIpc) is 3.00. The van der Waals surface area contributed by atoms with E-state index in [0.717, 1.165) is 11.4 Å². The molecule has 1 heterocycles. The average molecular weight is 192 g/mol. The zero-order chi connectivity index (χ0) is 10.1. The number of anilines is 1. The van der Waals surface area contributed by atoms with Crippen molar-refractivity contribution < 1.29 is 5.11 Å². The Hall–Kier alpha value is -1.09. The first-order chi connectivity index (χ1) is 6.70. The van der Waals surface area contributed by atoms with Gasteiger partial charge in [0.1, 0.15) is 5.82 Å². The highest BCUT2D eigenvalue weighted by atomic mass is 16.3. The fourth-order valence-electron chi connectivity index (χ4n) is 1.66. The Morgan fingerprint density at radius 1 is 1.57 bits per heavy atom. The van der Waals surface area contributed by atoms with Gasteiger partial charge >= 0.3 is 0 Å². The van der Waals surface area contributed by atoms with Crippen LogP contribution in [0.5, 0.6) is 0 Å². The van der Waals surface area contributed by atoms with E-state index in [1.54, 1.807) is 13.1 Å². The molecule has 3 nitrogen and oxygen atoms in total. The summed E-state index contributed by atoms with van der Waals surface area (Å²) in [4.78, 5) is 6.50. The largest absolute Gasteiger partial charge is 0.389 e. The van der Waals surface area contributed by atoms with Gasteiger partial charge in [0.2, 0.25) is 0 Å². The number of hydrogen-bond acceptors (Lipinski definition) is 3. The quantitative estimate of drug-likeness (QED) is 0.792. The lowest BCUT2D eigenvalue weighted by Crippen LogP contribution is -2.22. The molecule has 1 aliphatic carbocycles. The molecule has 0 saturated heterocycles. The summed E-state index contributed by atoms with van der Waals surface area (Å²) in [5.74, 6) is 0.921.